The summed E-state index contributed by atoms with van der Waals surface area (Å²) in [5.41, 5.74) is 4.15. The van der Waals surface area contributed by atoms with E-state index in [4.69, 9.17) is 4.74 Å². The molecule has 0 saturated heterocycles. The maximum absolute atomic E-state index is 11.3. The molecular formula is C17H20N2O2. The lowest BCUT2D eigenvalue weighted by atomic mass is 10.1. The Labute approximate surface area is 125 Å². The third-order valence-electron chi connectivity index (χ3n) is 3.22. The standard InChI is InChI=1S/C17H20N2O2/c1-3-21-17(20)9-6-13-4-7-14(8-5-13)16-12-15(18-2)10-11-19-16/h4-5,7-8,10-12H,3,6,9H2,1-2H3,(H,18,19). The van der Waals surface area contributed by atoms with E-state index in [1.807, 2.05) is 50.4 Å². The molecule has 0 amide bonds. The fraction of sp³-hybridized carbons (Fsp3) is 0.294. The third kappa shape index (κ3) is 4.31. The SMILES string of the molecule is CCOC(=O)CCc1ccc(-c2cc(NC)ccn2)cc1. The first-order valence-corrected chi connectivity index (χ1v) is 7.11. The highest BCUT2D eigenvalue weighted by Gasteiger charge is 2.04. The van der Waals surface area contributed by atoms with Crippen LogP contribution in [0.1, 0.15) is 18.9 Å². The van der Waals surface area contributed by atoms with Gasteiger partial charge in [0, 0.05) is 30.9 Å². The van der Waals surface area contributed by atoms with Crippen LogP contribution in [0.5, 0.6) is 0 Å². The largest absolute Gasteiger partial charge is 0.466 e. The Morgan fingerprint density at radius 3 is 2.67 bits per heavy atom. The maximum Gasteiger partial charge on any atom is 0.306 e. The summed E-state index contributed by atoms with van der Waals surface area (Å²) in [5.74, 6) is -0.148. The number of esters is 1. The Morgan fingerprint density at radius 2 is 2.00 bits per heavy atom. The molecule has 2 aromatic rings. The molecule has 1 aromatic carbocycles. The number of hydrogen-bond acceptors (Lipinski definition) is 4. The molecular weight excluding hydrogens is 264 g/mol. The van der Waals surface area contributed by atoms with Gasteiger partial charge in [0.25, 0.3) is 0 Å². The molecule has 0 aliphatic carbocycles. The molecule has 0 fully saturated rings. The predicted molar refractivity (Wildman–Crippen MR) is 84.2 cm³/mol. The molecule has 0 atom stereocenters. The Balaban J connectivity index is 2.03. The Kier molecular flexibility index (Phi) is 5.32. The molecule has 21 heavy (non-hydrogen) atoms. The first-order valence-electron chi connectivity index (χ1n) is 7.11. The number of benzene rings is 1. The molecule has 0 unspecified atom stereocenters. The number of nitrogens with one attached hydrogen (secondary N) is 1. The monoisotopic (exact) mass is 284 g/mol. The van der Waals surface area contributed by atoms with Gasteiger partial charge in [0.05, 0.1) is 12.3 Å². The molecule has 0 aliphatic rings. The summed E-state index contributed by atoms with van der Waals surface area (Å²) in [6.07, 6.45) is 2.90. The van der Waals surface area contributed by atoms with Gasteiger partial charge < -0.3 is 10.1 Å². The summed E-state index contributed by atoms with van der Waals surface area (Å²) in [7, 11) is 1.89. The van der Waals surface area contributed by atoms with Gasteiger partial charge in [0.2, 0.25) is 0 Å². The quantitative estimate of drug-likeness (QED) is 0.827. The number of aryl methyl sites for hydroxylation is 1. The van der Waals surface area contributed by atoms with Crippen molar-refractivity contribution in [1.82, 2.24) is 4.98 Å². The molecule has 1 heterocycles. The number of carbonyl (C=O) groups is 1. The van der Waals surface area contributed by atoms with Gasteiger partial charge in [-0.1, -0.05) is 24.3 Å². The second-order valence-corrected chi connectivity index (χ2v) is 4.68. The highest BCUT2D eigenvalue weighted by atomic mass is 16.5. The van der Waals surface area contributed by atoms with Crippen LogP contribution in [0.2, 0.25) is 0 Å². The van der Waals surface area contributed by atoms with Crippen LogP contribution < -0.4 is 5.32 Å². The summed E-state index contributed by atoms with van der Waals surface area (Å²) in [6, 6.07) is 12.1. The normalized spacial score (nSPS) is 10.2. The minimum Gasteiger partial charge on any atom is -0.466 e. The van der Waals surface area contributed by atoms with E-state index in [2.05, 4.69) is 10.3 Å². The zero-order valence-electron chi connectivity index (χ0n) is 12.4. The second-order valence-electron chi connectivity index (χ2n) is 4.68. The van der Waals surface area contributed by atoms with E-state index in [-0.39, 0.29) is 5.97 Å². The van der Waals surface area contributed by atoms with Crippen molar-refractivity contribution in [3.05, 3.63) is 48.2 Å². The molecule has 1 aromatic heterocycles. The fourth-order valence-electron chi connectivity index (χ4n) is 2.07. The van der Waals surface area contributed by atoms with Crippen molar-refractivity contribution >= 4 is 11.7 Å². The van der Waals surface area contributed by atoms with Gasteiger partial charge in [-0.2, -0.15) is 0 Å². The number of ether oxygens (including phenoxy) is 1. The van der Waals surface area contributed by atoms with Crippen molar-refractivity contribution in [3.8, 4) is 11.3 Å². The summed E-state index contributed by atoms with van der Waals surface area (Å²) >= 11 is 0. The number of anilines is 1. The minimum atomic E-state index is -0.148. The Hall–Kier alpha value is -2.36. The fourth-order valence-corrected chi connectivity index (χ4v) is 2.07. The summed E-state index contributed by atoms with van der Waals surface area (Å²) in [4.78, 5) is 15.7. The second kappa shape index (κ2) is 7.43. The zero-order valence-corrected chi connectivity index (χ0v) is 12.4. The highest BCUT2D eigenvalue weighted by molar-refractivity contribution is 5.70. The lowest BCUT2D eigenvalue weighted by Gasteiger charge is -2.06. The van der Waals surface area contributed by atoms with Crippen molar-refractivity contribution in [2.24, 2.45) is 0 Å². The van der Waals surface area contributed by atoms with E-state index < -0.39 is 0 Å². The van der Waals surface area contributed by atoms with E-state index in [1.165, 1.54) is 0 Å². The van der Waals surface area contributed by atoms with Crippen molar-refractivity contribution in [3.63, 3.8) is 0 Å². The average Bonchev–Trinajstić information content (AvgIpc) is 2.54. The number of aromatic nitrogens is 1. The summed E-state index contributed by atoms with van der Waals surface area (Å²) < 4.78 is 4.93. The van der Waals surface area contributed by atoms with Crippen molar-refractivity contribution < 1.29 is 9.53 Å². The lowest BCUT2D eigenvalue weighted by Crippen LogP contribution is -2.05. The van der Waals surface area contributed by atoms with Crippen LogP contribution in [-0.4, -0.2) is 24.6 Å². The van der Waals surface area contributed by atoms with Gasteiger partial charge >= 0.3 is 5.97 Å². The first-order chi connectivity index (χ1) is 10.2. The third-order valence-corrected chi connectivity index (χ3v) is 3.22. The smallest absolute Gasteiger partial charge is 0.306 e. The van der Waals surface area contributed by atoms with Crippen LogP contribution in [0, 0.1) is 0 Å². The number of hydrogen-bond donors (Lipinski definition) is 1. The van der Waals surface area contributed by atoms with Gasteiger partial charge in [-0.3, -0.25) is 9.78 Å². The van der Waals surface area contributed by atoms with Crippen LogP contribution in [0.15, 0.2) is 42.6 Å². The first kappa shape index (κ1) is 15.0. The van der Waals surface area contributed by atoms with Crippen LogP contribution >= 0.6 is 0 Å². The number of carbonyl (C=O) groups excluding carboxylic acids is 1. The molecule has 0 radical (unpaired) electrons. The van der Waals surface area contributed by atoms with Crippen LogP contribution in [0.4, 0.5) is 5.69 Å². The molecule has 2 rings (SSSR count). The van der Waals surface area contributed by atoms with Gasteiger partial charge in [0.1, 0.15) is 0 Å². The van der Waals surface area contributed by atoms with Gasteiger partial charge in [-0.25, -0.2) is 0 Å². The van der Waals surface area contributed by atoms with E-state index >= 15 is 0 Å². The van der Waals surface area contributed by atoms with Gasteiger partial charge in [0.15, 0.2) is 0 Å². The number of pyridine rings is 1. The van der Waals surface area contributed by atoms with Crippen molar-refractivity contribution in [2.75, 3.05) is 19.0 Å². The molecule has 0 aliphatic heterocycles. The van der Waals surface area contributed by atoms with E-state index in [0.29, 0.717) is 19.4 Å². The summed E-state index contributed by atoms with van der Waals surface area (Å²) in [5, 5.41) is 3.10. The molecule has 110 valence electrons. The minimum absolute atomic E-state index is 0.148. The van der Waals surface area contributed by atoms with E-state index in [1.54, 1.807) is 6.20 Å². The van der Waals surface area contributed by atoms with Crippen LogP contribution in [0.25, 0.3) is 11.3 Å². The van der Waals surface area contributed by atoms with E-state index in [9.17, 15) is 4.79 Å². The van der Waals surface area contributed by atoms with Crippen LogP contribution in [-0.2, 0) is 16.0 Å². The number of rotatable bonds is 6. The molecule has 4 heteroatoms. The highest BCUT2D eigenvalue weighted by Crippen LogP contribution is 2.20. The Morgan fingerprint density at radius 1 is 1.24 bits per heavy atom. The molecule has 1 N–H and O–H groups in total. The Bertz CT molecular complexity index is 594. The summed E-state index contributed by atoms with van der Waals surface area (Å²) in [6.45, 7) is 2.25. The molecule has 0 bridgehead atoms. The van der Waals surface area contributed by atoms with Crippen molar-refractivity contribution in [1.29, 1.82) is 0 Å². The topological polar surface area (TPSA) is 51.2 Å². The lowest BCUT2D eigenvalue weighted by molar-refractivity contribution is -0.143. The van der Waals surface area contributed by atoms with E-state index in [0.717, 1.165) is 22.5 Å². The maximum atomic E-state index is 11.3. The molecule has 4 nitrogen and oxygen atoms in total. The van der Waals surface area contributed by atoms with Crippen molar-refractivity contribution in [2.45, 2.75) is 19.8 Å². The average molecular weight is 284 g/mol. The number of nitrogens with zero attached hydrogens (tertiary/aromatic N) is 1. The zero-order chi connectivity index (χ0) is 15.1. The molecule has 0 saturated carbocycles. The van der Waals surface area contributed by atoms with Crippen LogP contribution in [0.3, 0.4) is 0 Å². The van der Waals surface area contributed by atoms with Gasteiger partial charge in [-0.05, 0) is 31.0 Å². The van der Waals surface area contributed by atoms with Gasteiger partial charge in [-0.15, -0.1) is 0 Å². The molecule has 0 spiro atoms. The predicted octanol–water partition coefficient (Wildman–Crippen LogP) is 3.29.